The molecule has 0 bridgehead atoms. The van der Waals surface area contributed by atoms with Crippen LogP contribution in [0.1, 0.15) is 74.3 Å². The number of rotatable bonds is 2. The molecular formula is C16H25NO2S. The largest absolute Gasteiger partial charge is 0.456 e. The SMILES string of the molecule is CC(C)(C)OC(=O)c1sc(C2(C)CCCCC2)cc1N. The van der Waals surface area contributed by atoms with Gasteiger partial charge in [0.25, 0.3) is 0 Å². The van der Waals surface area contributed by atoms with Gasteiger partial charge < -0.3 is 10.5 Å². The summed E-state index contributed by atoms with van der Waals surface area (Å²) in [6.45, 7) is 7.91. The first kappa shape index (κ1) is 15.4. The van der Waals surface area contributed by atoms with Crippen molar-refractivity contribution in [3.63, 3.8) is 0 Å². The number of nitrogen functional groups attached to an aromatic ring is 1. The van der Waals surface area contributed by atoms with Crippen molar-refractivity contribution in [2.75, 3.05) is 5.73 Å². The van der Waals surface area contributed by atoms with E-state index >= 15 is 0 Å². The Labute approximate surface area is 125 Å². The lowest BCUT2D eigenvalue weighted by Gasteiger charge is -2.32. The minimum Gasteiger partial charge on any atom is -0.456 e. The highest BCUT2D eigenvalue weighted by atomic mass is 32.1. The van der Waals surface area contributed by atoms with Crippen molar-refractivity contribution >= 4 is 23.0 Å². The predicted molar refractivity (Wildman–Crippen MR) is 84.3 cm³/mol. The Balaban J connectivity index is 2.23. The van der Waals surface area contributed by atoms with Crippen molar-refractivity contribution in [2.24, 2.45) is 0 Å². The summed E-state index contributed by atoms with van der Waals surface area (Å²) in [5, 5.41) is 0. The minimum absolute atomic E-state index is 0.178. The van der Waals surface area contributed by atoms with E-state index in [1.165, 1.54) is 48.3 Å². The normalized spacial score (nSPS) is 18.8. The zero-order valence-electron chi connectivity index (χ0n) is 12.9. The molecule has 1 aliphatic rings. The van der Waals surface area contributed by atoms with Crippen molar-refractivity contribution in [1.29, 1.82) is 0 Å². The Morgan fingerprint density at radius 1 is 1.30 bits per heavy atom. The first-order valence-electron chi connectivity index (χ1n) is 7.34. The molecule has 0 aromatic carbocycles. The molecule has 1 aliphatic carbocycles. The predicted octanol–water partition coefficient (Wildman–Crippen LogP) is 4.51. The van der Waals surface area contributed by atoms with Gasteiger partial charge in [0.2, 0.25) is 0 Å². The summed E-state index contributed by atoms with van der Waals surface area (Å²) >= 11 is 1.51. The van der Waals surface area contributed by atoms with Gasteiger partial charge in [-0.2, -0.15) is 0 Å². The number of ether oxygens (including phenoxy) is 1. The van der Waals surface area contributed by atoms with Crippen LogP contribution in [0.2, 0.25) is 0 Å². The Bertz CT molecular complexity index is 493. The summed E-state index contributed by atoms with van der Waals surface area (Å²) in [4.78, 5) is 14.0. The van der Waals surface area contributed by atoms with Gasteiger partial charge in [-0.25, -0.2) is 4.79 Å². The van der Waals surface area contributed by atoms with Gasteiger partial charge in [0, 0.05) is 10.3 Å². The molecule has 3 nitrogen and oxygen atoms in total. The zero-order chi connectivity index (χ0) is 15.0. The second-order valence-electron chi connectivity index (χ2n) is 7.02. The van der Waals surface area contributed by atoms with Crippen molar-refractivity contribution < 1.29 is 9.53 Å². The van der Waals surface area contributed by atoms with Crippen LogP contribution in [-0.2, 0) is 10.2 Å². The Hall–Kier alpha value is -1.03. The molecule has 2 rings (SSSR count). The van der Waals surface area contributed by atoms with Gasteiger partial charge in [0.15, 0.2) is 0 Å². The maximum Gasteiger partial charge on any atom is 0.350 e. The van der Waals surface area contributed by atoms with Crippen molar-refractivity contribution in [3.05, 3.63) is 15.8 Å². The van der Waals surface area contributed by atoms with Gasteiger partial charge in [-0.3, -0.25) is 0 Å². The Morgan fingerprint density at radius 3 is 2.45 bits per heavy atom. The molecule has 1 heterocycles. The lowest BCUT2D eigenvalue weighted by molar-refractivity contribution is 0.00764. The number of hydrogen-bond donors (Lipinski definition) is 1. The van der Waals surface area contributed by atoms with E-state index in [1.54, 1.807) is 0 Å². The molecule has 0 amide bonds. The van der Waals surface area contributed by atoms with E-state index in [0.29, 0.717) is 10.6 Å². The standard InChI is InChI=1S/C16H25NO2S/c1-15(2,3)19-14(18)13-11(17)10-12(20-13)16(4)8-6-5-7-9-16/h10H,5-9,17H2,1-4H3. The van der Waals surface area contributed by atoms with E-state index in [2.05, 4.69) is 6.92 Å². The third kappa shape index (κ3) is 3.35. The molecule has 2 N–H and O–H groups in total. The van der Waals surface area contributed by atoms with E-state index in [1.807, 2.05) is 26.8 Å². The third-order valence-electron chi connectivity index (χ3n) is 3.90. The number of esters is 1. The van der Waals surface area contributed by atoms with Gasteiger partial charge in [-0.15, -0.1) is 11.3 Å². The van der Waals surface area contributed by atoms with Crippen LogP contribution in [0, 0.1) is 0 Å². The number of anilines is 1. The summed E-state index contributed by atoms with van der Waals surface area (Å²) < 4.78 is 5.43. The molecule has 20 heavy (non-hydrogen) atoms. The van der Waals surface area contributed by atoms with Crippen LogP contribution in [0.3, 0.4) is 0 Å². The molecule has 0 unspecified atom stereocenters. The molecule has 0 atom stereocenters. The van der Waals surface area contributed by atoms with Gasteiger partial charge in [0.1, 0.15) is 10.5 Å². The summed E-state index contributed by atoms with van der Waals surface area (Å²) in [6, 6.07) is 1.98. The van der Waals surface area contributed by atoms with Gasteiger partial charge in [-0.05, 0) is 39.7 Å². The van der Waals surface area contributed by atoms with E-state index in [4.69, 9.17) is 10.5 Å². The number of carbonyl (C=O) groups excluding carboxylic acids is 1. The minimum atomic E-state index is -0.484. The van der Waals surface area contributed by atoms with Crippen LogP contribution in [0.5, 0.6) is 0 Å². The first-order valence-corrected chi connectivity index (χ1v) is 8.16. The monoisotopic (exact) mass is 295 g/mol. The van der Waals surface area contributed by atoms with Gasteiger partial charge >= 0.3 is 5.97 Å². The maximum atomic E-state index is 12.2. The molecule has 0 aliphatic heterocycles. The fourth-order valence-electron chi connectivity index (χ4n) is 2.77. The number of thiophene rings is 1. The molecular weight excluding hydrogens is 270 g/mol. The lowest BCUT2D eigenvalue weighted by Crippen LogP contribution is -2.24. The van der Waals surface area contributed by atoms with Crippen LogP contribution in [0.15, 0.2) is 6.07 Å². The van der Waals surface area contributed by atoms with Crippen LogP contribution >= 0.6 is 11.3 Å². The molecule has 112 valence electrons. The highest BCUT2D eigenvalue weighted by Crippen LogP contribution is 2.44. The Kier molecular flexibility index (Phi) is 4.14. The summed E-state index contributed by atoms with van der Waals surface area (Å²) in [5.74, 6) is -0.300. The second kappa shape index (κ2) is 5.40. The molecule has 0 saturated heterocycles. The Morgan fingerprint density at radius 2 is 1.90 bits per heavy atom. The first-order chi connectivity index (χ1) is 9.21. The van der Waals surface area contributed by atoms with Crippen LogP contribution < -0.4 is 5.73 Å². The topological polar surface area (TPSA) is 52.3 Å². The molecule has 1 fully saturated rings. The number of hydrogen-bond acceptors (Lipinski definition) is 4. The smallest absolute Gasteiger partial charge is 0.350 e. The molecule has 4 heteroatoms. The molecule has 0 radical (unpaired) electrons. The summed E-state index contributed by atoms with van der Waals surface area (Å²) in [6.07, 6.45) is 6.20. The van der Waals surface area contributed by atoms with Crippen molar-refractivity contribution in [1.82, 2.24) is 0 Å². The molecule has 1 aromatic rings. The molecule has 1 aromatic heterocycles. The number of nitrogens with two attached hydrogens (primary N) is 1. The van der Waals surface area contributed by atoms with Crippen LogP contribution in [-0.4, -0.2) is 11.6 Å². The second-order valence-corrected chi connectivity index (χ2v) is 8.07. The fourth-order valence-corrected chi connectivity index (χ4v) is 3.92. The van der Waals surface area contributed by atoms with E-state index in [0.717, 1.165) is 0 Å². The van der Waals surface area contributed by atoms with Crippen LogP contribution in [0.4, 0.5) is 5.69 Å². The molecule has 1 saturated carbocycles. The zero-order valence-corrected chi connectivity index (χ0v) is 13.7. The third-order valence-corrected chi connectivity index (χ3v) is 5.33. The fraction of sp³-hybridized carbons (Fsp3) is 0.688. The quantitative estimate of drug-likeness (QED) is 0.817. The highest BCUT2D eigenvalue weighted by Gasteiger charge is 2.32. The summed E-state index contributed by atoms with van der Waals surface area (Å²) in [7, 11) is 0. The lowest BCUT2D eigenvalue weighted by atomic mass is 9.75. The summed E-state index contributed by atoms with van der Waals surface area (Å²) in [5.41, 5.74) is 6.29. The van der Waals surface area contributed by atoms with E-state index < -0.39 is 5.60 Å². The van der Waals surface area contributed by atoms with Gasteiger partial charge in [-0.1, -0.05) is 26.2 Å². The maximum absolute atomic E-state index is 12.2. The van der Waals surface area contributed by atoms with Gasteiger partial charge in [0.05, 0.1) is 5.69 Å². The molecule has 0 spiro atoms. The van der Waals surface area contributed by atoms with E-state index in [-0.39, 0.29) is 11.4 Å². The highest BCUT2D eigenvalue weighted by molar-refractivity contribution is 7.14. The van der Waals surface area contributed by atoms with E-state index in [9.17, 15) is 4.79 Å². The van der Waals surface area contributed by atoms with Crippen LogP contribution in [0.25, 0.3) is 0 Å². The average Bonchev–Trinajstić information content (AvgIpc) is 2.71. The van der Waals surface area contributed by atoms with Crippen molar-refractivity contribution in [3.8, 4) is 0 Å². The van der Waals surface area contributed by atoms with Crippen molar-refractivity contribution in [2.45, 2.75) is 70.8 Å². The number of carbonyl (C=O) groups is 1. The average molecular weight is 295 g/mol.